The zero-order valence-electron chi connectivity index (χ0n) is 9.52. The highest BCUT2D eigenvalue weighted by Crippen LogP contribution is 2.52. The molecule has 0 bridgehead atoms. The van der Waals surface area contributed by atoms with Gasteiger partial charge in [0.25, 0.3) is 0 Å². The average molecular weight is 332 g/mol. The van der Waals surface area contributed by atoms with Crippen molar-refractivity contribution in [1.29, 1.82) is 0 Å². The largest absolute Gasteiger partial charge is 0.529 e. The van der Waals surface area contributed by atoms with E-state index < -0.39 is 7.82 Å². The van der Waals surface area contributed by atoms with Crippen molar-refractivity contribution in [1.82, 2.24) is 0 Å². The summed E-state index contributed by atoms with van der Waals surface area (Å²) in [6, 6.07) is 4.68. The van der Waals surface area contributed by atoms with Crippen LogP contribution < -0.4 is 0 Å². The van der Waals surface area contributed by atoms with Gasteiger partial charge in [0, 0.05) is 30.3 Å². The van der Waals surface area contributed by atoms with Crippen LogP contribution in [0.3, 0.4) is 0 Å². The fourth-order valence-electron chi connectivity index (χ4n) is 1.09. The van der Waals surface area contributed by atoms with E-state index in [0.717, 1.165) is 5.54 Å². The van der Waals surface area contributed by atoms with Gasteiger partial charge in [-0.2, -0.15) is 0 Å². The number of benzene rings is 1. The number of hydrogen-bond donors (Lipinski definition) is 0. The molecule has 4 nitrogen and oxygen atoms in total. The van der Waals surface area contributed by atoms with E-state index in [1.807, 2.05) is 0 Å². The highest BCUT2D eigenvalue weighted by atomic mass is 35.5. The second-order valence-corrected chi connectivity index (χ2v) is 5.87. The van der Waals surface area contributed by atoms with E-state index in [4.69, 9.17) is 39.3 Å². The van der Waals surface area contributed by atoms with E-state index in [2.05, 4.69) is 9.05 Å². The lowest BCUT2D eigenvalue weighted by molar-refractivity contribution is 0.201. The van der Waals surface area contributed by atoms with Gasteiger partial charge in [0.1, 0.15) is 0 Å². The molecule has 0 atom stereocenters. The highest BCUT2D eigenvalue weighted by Gasteiger charge is 2.27. The van der Waals surface area contributed by atoms with Crippen molar-refractivity contribution in [3.63, 3.8) is 0 Å². The van der Waals surface area contributed by atoms with Crippen LogP contribution in [0.1, 0.15) is 5.56 Å². The van der Waals surface area contributed by atoms with Crippen molar-refractivity contribution >= 4 is 48.4 Å². The van der Waals surface area contributed by atoms with Gasteiger partial charge in [-0.3, -0.25) is 9.05 Å². The van der Waals surface area contributed by atoms with Crippen LogP contribution >= 0.6 is 42.6 Å². The Hall–Kier alpha value is -0.220. The second-order valence-electron chi connectivity index (χ2n) is 3.00. The fourth-order valence-corrected chi connectivity index (χ4v) is 2.50. The lowest BCUT2D eigenvalue weighted by atomic mass is 10.2. The Morgan fingerprint density at radius 3 is 2.33 bits per heavy atom. The fraction of sp³-hybridized carbons (Fsp3) is 0.200. The third-order valence-corrected chi connectivity index (χ3v) is 4.01. The van der Waals surface area contributed by atoms with Gasteiger partial charge in [0.15, 0.2) is 5.76 Å². The molecule has 0 saturated carbocycles. The maximum absolute atomic E-state index is 11.8. The Morgan fingerprint density at radius 2 is 1.89 bits per heavy atom. The number of phosphoric acid groups is 1. The summed E-state index contributed by atoms with van der Waals surface area (Å²) in [4.78, 5) is 0. The predicted octanol–water partition coefficient (Wildman–Crippen LogP) is 4.95. The molecule has 0 N–H and O–H groups in total. The summed E-state index contributed by atoms with van der Waals surface area (Å²) >= 11 is 17.4. The average Bonchev–Trinajstić information content (AvgIpc) is 2.36. The first-order valence-corrected chi connectivity index (χ1v) is 7.28. The molecule has 0 aliphatic heterocycles. The number of hydrogen-bond acceptors (Lipinski definition) is 4. The summed E-state index contributed by atoms with van der Waals surface area (Å²) in [5.41, 5.74) is 1.50. The van der Waals surface area contributed by atoms with Crippen molar-refractivity contribution < 1.29 is 18.1 Å². The molecule has 1 aromatic rings. The molecule has 0 radical (unpaired) electrons. The lowest BCUT2D eigenvalue weighted by Crippen LogP contribution is -1.96. The lowest BCUT2D eigenvalue weighted by Gasteiger charge is -2.17. The van der Waals surface area contributed by atoms with Gasteiger partial charge in [-0.15, -0.1) is 0 Å². The van der Waals surface area contributed by atoms with E-state index in [0.29, 0.717) is 15.6 Å². The van der Waals surface area contributed by atoms with Crippen LogP contribution in [0.2, 0.25) is 10.0 Å². The summed E-state index contributed by atoms with van der Waals surface area (Å²) < 4.78 is 26.2. The van der Waals surface area contributed by atoms with Gasteiger partial charge in [0.2, 0.25) is 0 Å². The molecule has 0 amide bonds. The molecule has 0 spiro atoms. The standard InChI is InChI=1S/C10H10Cl3O4P/c1-15-18(14,16-2)17-10(6-11)8-4-3-7(12)5-9(8)13/h3-6H,1-2H3/b10-6+. The number of halogens is 3. The van der Waals surface area contributed by atoms with Crippen molar-refractivity contribution in [3.8, 4) is 0 Å². The van der Waals surface area contributed by atoms with E-state index in [1.165, 1.54) is 20.3 Å². The van der Waals surface area contributed by atoms with Crippen LogP contribution in [-0.4, -0.2) is 14.2 Å². The molecule has 8 heteroatoms. The Morgan fingerprint density at radius 1 is 1.28 bits per heavy atom. The van der Waals surface area contributed by atoms with E-state index in [-0.39, 0.29) is 5.76 Å². The zero-order chi connectivity index (χ0) is 13.8. The monoisotopic (exact) mass is 330 g/mol. The first kappa shape index (κ1) is 15.8. The van der Waals surface area contributed by atoms with Crippen molar-refractivity contribution in [2.45, 2.75) is 0 Å². The summed E-state index contributed by atoms with van der Waals surface area (Å²) in [7, 11) is -1.31. The minimum Gasteiger partial charge on any atom is -0.402 e. The van der Waals surface area contributed by atoms with Crippen LogP contribution in [0.25, 0.3) is 5.76 Å². The predicted molar refractivity (Wildman–Crippen MR) is 73.0 cm³/mol. The highest BCUT2D eigenvalue weighted by molar-refractivity contribution is 7.48. The van der Waals surface area contributed by atoms with Gasteiger partial charge < -0.3 is 4.52 Å². The smallest absolute Gasteiger partial charge is 0.402 e. The molecular weight excluding hydrogens is 321 g/mol. The summed E-state index contributed by atoms with van der Waals surface area (Å²) in [6.45, 7) is 0. The van der Waals surface area contributed by atoms with Crippen LogP contribution in [0.15, 0.2) is 23.7 Å². The molecule has 0 aliphatic rings. The molecule has 100 valence electrons. The molecule has 0 aliphatic carbocycles. The molecule has 1 rings (SSSR count). The quantitative estimate of drug-likeness (QED) is 0.566. The molecular formula is C10H10Cl3O4P. The van der Waals surface area contributed by atoms with Gasteiger partial charge in [-0.1, -0.05) is 34.8 Å². The Balaban J connectivity index is 3.09. The molecule has 0 aromatic heterocycles. The number of rotatable bonds is 5. The second kappa shape index (κ2) is 6.80. The molecule has 18 heavy (non-hydrogen) atoms. The summed E-state index contributed by atoms with van der Waals surface area (Å²) in [5.74, 6) is 0.0605. The molecule has 0 unspecified atom stereocenters. The number of phosphoric ester groups is 1. The topological polar surface area (TPSA) is 44.8 Å². The van der Waals surface area contributed by atoms with Crippen molar-refractivity contribution in [3.05, 3.63) is 39.3 Å². The van der Waals surface area contributed by atoms with E-state index in [9.17, 15) is 4.57 Å². The van der Waals surface area contributed by atoms with Crippen LogP contribution in [0, 0.1) is 0 Å². The van der Waals surface area contributed by atoms with Gasteiger partial charge in [-0.05, 0) is 18.2 Å². The Labute approximate surface area is 120 Å². The Bertz CT molecular complexity index is 496. The third-order valence-electron chi connectivity index (χ3n) is 1.95. The third kappa shape index (κ3) is 3.89. The molecule has 0 saturated heterocycles. The van der Waals surface area contributed by atoms with E-state index in [1.54, 1.807) is 12.1 Å². The summed E-state index contributed by atoms with van der Waals surface area (Å²) in [6.07, 6.45) is 0. The van der Waals surface area contributed by atoms with Crippen molar-refractivity contribution in [2.24, 2.45) is 0 Å². The van der Waals surface area contributed by atoms with Gasteiger partial charge in [0.05, 0.1) is 5.02 Å². The van der Waals surface area contributed by atoms with Gasteiger partial charge >= 0.3 is 7.82 Å². The summed E-state index contributed by atoms with van der Waals surface area (Å²) in [5, 5.41) is 0.757. The minimum absolute atomic E-state index is 0.0605. The van der Waals surface area contributed by atoms with Crippen molar-refractivity contribution in [2.75, 3.05) is 14.2 Å². The SMILES string of the molecule is COP(=O)(OC)O/C(=C/Cl)c1ccc(Cl)cc1Cl. The zero-order valence-corrected chi connectivity index (χ0v) is 12.7. The Kier molecular flexibility index (Phi) is 5.99. The maximum Gasteiger partial charge on any atom is 0.529 e. The van der Waals surface area contributed by atoms with Crippen LogP contribution in [0.4, 0.5) is 0 Å². The van der Waals surface area contributed by atoms with Crippen LogP contribution in [-0.2, 0) is 18.1 Å². The minimum atomic E-state index is -3.70. The van der Waals surface area contributed by atoms with Gasteiger partial charge in [-0.25, -0.2) is 4.57 Å². The first-order chi connectivity index (χ1) is 8.45. The maximum atomic E-state index is 11.8. The molecule has 0 heterocycles. The van der Waals surface area contributed by atoms with Crippen LogP contribution in [0.5, 0.6) is 0 Å². The molecule has 0 fully saturated rings. The van der Waals surface area contributed by atoms with E-state index >= 15 is 0 Å². The normalized spacial score (nSPS) is 12.6. The first-order valence-electron chi connectivity index (χ1n) is 4.62. The molecule has 1 aromatic carbocycles.